The topological polar surface area (TPSA) is 32.3 Å². The Morgan fingerprint density at radius 1 is 1.29 bits per heavy atom. The highest BCUT2D eigenvalue weighted by Crippen LogP contribution is 2.48. The van der Waals surface area contributed by atoms with Gasteiger partial charge in [-0.25, -0.2) is 0 Å². The van der Waals surface area contributed by atoms with Gasteiger partial charge in [-0.3, -0.25) is 4.79 Å². The van der Waals surface area contributed by atoms with Crippen molar-refractivity contribution >= 4 is 11.6 Å². The second-order valence-electron chi connectivity index (χ2n) is 6.82. The predicted molar refractivity (Wildman–Crippen MR) is 86.3 cm³/mol. The van der Waals surface area contributed by atoms with Crippen LogP contribution in [-0.2, 0) is 4.79 Å². The van der Waals surface area contributed by atoms with E-state index in [0.717, 1.165) is 18.9 Å². The number of rotatable bonds is 5. The molecular formula is C18H26N2O. The van der Waals surface area contributed by atoms with Crippen LogP contribution in [0, 0.1) is 17.8 Å². The molecule has 3 nitrogen and oxygen atoms in total. The molecule has 3 rings (SSSR count). The SMILES string of the molecule is C[C@@H](CNC(=O)[C@H]1C[C@H]2CC[C@H]1C2)N(C)c1ccccc1. The van der Waals surface area contributed by atoms with E-state index in [4.69, 9.17) is 0 Å². The van der Waals surface area contributed by atoms with Gasteiger partial charge in [-0.15, -0.1) is 0 Å². The predicted octanol–water partition coefficient (Wildman–Crippen LogP) is 3.06. The van der Waals surface area contributed by atoms with Crippen LogP contribution in [0.15, 0.2) is 30.3 Å². The summed E-state index contributed by atoms with van der Waals surface area (Å²) in [7, 11) is 2.09. The first kappa shape index (κ1) is 14.4. The van der Waals surface area contributed by atoms with Crippen LogP contribution in [0.2, 0.25) is 0 Å². The molecule has 1 N–H and O–H groups in total. The lowest BCUT2D eigenvalue weighted by Gasteiger charge is -2.28. The van der Waals surface area contributed by atoms with Crippen molar-refractivity contribution in [2.45, 2.75) is 38.6 Å². The maximum Gasteiger partial charge on any atom is 0.223 e. The summed E-state index contributed by atoms with van der Waals surface area (Å²) < 4.78 is 0. The number of nitrogens with one attached hydrogen (secondary N) is 1. The first-order valence-corrected chi connectivity index (χ1v) is 8.20. The van der Waals surface area contributed by atoms with Crippen LogP contribution >= 0.6 is 0 Å². The Kier molecular flexibility index (Phi) is 4.18. The molecule has 2 saturated carbocycles. The standard InChI is InChI=1S/C18H26N2O/c1-13(20(2)16-6-4-3-5-7-16)12-19-18(21)17-11-14-8-9-15(17)10-14/h3-7,13-15,17H,8-12H2,1-2H3,(H,19,21)/t13-,14-,15-,17-/m0/s1. The van der Waals surface area contributed by atoms with Crippen molar-refractivity contribution in [3.63, 3.8) is 0 Å². The third-order valence-corrected chi connectivity index (χ3v) is 5.47. The maximum absolute atomic E-state index is 12.4. The number of para-hydroxylation sites is 1. The van der Waals surface area contributed by atoms with Crippen molar-refractivity contribution in [2.24, 2.45) is 17.8 Å². The van der Waals surface area contributed by atoms with Gasteiger partial charge < -0.3 is 10.2 Å². The normalized spacial score (nSPS) is 28.4. The monoisotopic (exact) mass is 286 g/mol. The van der Waals surface area contributed by atoms with Gasteiger partial charge in [0, 0.05) is 31.2 Å². The number of benzene rings is 1. The lowest BCUT2D eigenvalue weighted by atomic mass is 9.88. The Hall–Kier alpha value is -1.51. The molecule has 0 aromatic heterocycles. The minimum Gasteiger partial charge on any atom is -0.370 e. The first-order chi connectivity index (χ1) is 10.1. The van der Waals surface area contributed by atoms with Crippen LogP contribution in [0.4, 0.5) is 5.69 Å². The Morgan fingerprint density at radius 3 is 2.67 bits per heavy atom. The zero-order chi connectivity index (χ0) is 14.8. The zero-order valence-corrected chi connectivity index (χ0v) is 13.1. The van der Waals surface area contributed by atoms with E-state index in [1.54, 1.807) is 0 Å². The second-order valence-corrected chi connectivity index (χ2v) is 6.82. The van der Waals surface area contributed by atoms with E-state index in [2.05, 4.69) is 36.3 Å². The van der Waals surface area contributed by atoms with Gasteiger partial charge in [-0.1, -0.05) is 24.6 Å². The largest absolute Gasteiger partial charge is 0.370 e. The van der Waals surface area contributed by atoms with Gasteiger partial charge >= 0.3 is 0 Å². The fraction of sp³-hybridized carbons (Fsp3) is 0.611. The molecule has 0 radical (unpaired) electrons. The number of carbonyl (C=O) groups is 1. The third kappa shape index (κ3) is 3.07. The number of likely N-dealkylation sites (N-methyl/N-ethyl adjacent to an activating group) is 1. The average Bonchev–Trinajstić information content (AvgIpc) is 3.15. The van der Waals surface area contributed by atoms with Crippen LogP contribution in [0.3, 0.4) is 0 Å². The number of fused-ring (bicyclic) bond motifs is 2. The zero-order valence-electron chi connectivity index (χ0n) is 13.1. The second kappa shape index (κ2) is 6.08. The molecule has 1 amide bonds. The number of nitrogens with zero attached hydrogens (tertiary/aromatic N) is 1. The van der Waals surface area contributed by atoms with Crippen LogP contribution in [0.5, 0.6) is 0 Å². The molecular weight excluding hydrogens is 260 g/mol. The number of hydrogen-bond donors (Lipinski definition) is 1. The van der Waals surface area contributed by atoms with Crippen LogP contribution < -0.4 is 10.2 Å². The first-order valence-electron chi connectivity index (χ1n) is 8.20. The molecule has 1 aromatic rings. The lowest BCUT2D eigenvalue weighted by molar-refractivity contribution is -0.126. The number of carbonyl (C=O) groups excluding carboxylic acids is 1. The van der Waals surface area contributed by atoms with Crippen LogP contribution in [0.25, 0.3) is 0 Å². The van der Waals surface area contributed by atoms with E-state index in [1.807, 2.05) is 18.2 Å². The van der Waals surface area contributed by atoms with Crippen molar-refractivity contribution in [1.29, 1.82) is 0 Å². The van der Waals surface area contributed by atoms with Crippen molar-refractivity contribution in [1.82, 2.24) is 5.32 Å². The minimum absolute atomic E-state index is 0.288. The van der Waals surface area contributed by atoms with Gasteiger partial charge in [0.25, 0.3) is 0 Å². The summed E-state index contributed by atoms with van der Waals surface area (Å²) in [4.78, 5) is 14.6. The van der Waals surface area contributed by atoms with Crippen molar-refractivity contribution < 1.29 is 4.79 Å². The minimum atomic E-state index is 0.288. The number of amides is 1. The van der Waals surface area contributed by atoms with Crippen LogP contribution in [-0.4, -0.2) is 25.5 Å². The number of anilines is 1. The molecule has 0 saturated heterocycles. The molecule has 4 atom stereocenters. The van der Waals surface area contributed by atoms with E-state index in [9.17, 15) is 4.79 Å². The quantitative estimate of drug-likeness (QED) is 0.902. The summed E-state index contributed by atoms with van der Waals surface area (Å²) in [5, 5.41) is 3.18. The molecule has 0 heterocycles. The summed E-state index contributed by atoms with van der Waals surface area (Å²) in [6.07, 6.45) is 5.03. The molecule has 2 aliphatic carbocycles. The van der Waals surface area contributed by atoms with E-state index in [1.165, 1.54) is 24.9 Å². The molecule has 2 fully saturated rings. The van der Waals surface area contributed by atoms with Gasteiger partial charge in [-0.05, 0) is 50.2 Å². The summed E-state index contributed by atoms with van der Waals surface area (Å²) in [5.74, 6) is 2.07. The highest BCUT2D eigenvalue weighted by molar-refractivity contribution is 5.79. The van der Waals surface area contributed by atoms with E-state index >= 15 is 0 Å². The molecule has 21 heavy (non-hydrogen) atoms. The van der Waals surface area contributed by atoms with Gasteiger partial charge in [0.2, 0.25) is 5.91 Å². The molecule has 0 aliphatic heterocycles. The lowest BCUT2D eigenvalue weighted by Crippen LogP contribution is -2.43. The summed E-state index contributed by atoms with van der Waals surface area (Å²) in [5.41, 5.74) is 1.19. The Labute approximate surface area is 127 Å². The molecule has 0 unspecified atom stereocenters. The van der Waals surface area contributed by atoms with E-state index < -0.39 is 0 Å². The molecule has 0 spiro atoms. The molecule has 2 aliphatic rings. The van der Waals surface area contributed by atoms with Crippen molar-refractivity contribution in [3.8, 4) is 0 Å². The maximum atomic E-state index is 12.4. The molecule has 2 bridgehead atoms. The van der Waals surface area contributed by atoms with Gasteiger partial charge in [-0.2, -0.15) is 0 Å². The van der Waals surface area contributed by atoms with Crippen molar-refractivity contribution in [3.05, 3.63) is 30.3 Å². The van der Waals surface area contributed by atoms with Crippen LogP contribution in [0.1, 0.15) is 32.6 Å². The van der Waals surface area contributed by atoms with Gasteiger partial charge in [0.15, 0.2) is 0 Å². The highest BCUT2D eigenvalue weighted by atomic mass is 16.1. The van der Waals surface area contributed by atoms with E-state index in [0.29, 0.717) is 12.0 Å². The summed E-state index contributed by atoms with van der Waals surface area (Å²) in [6.45, 7) is 2.88. The Morgan fingerprint density at radius 2 is 2.05 bits per heavy atom. The molecule has 3 heteroatoms. The highest BCUT2D eigenvalue weighted by Gasteiger charge is 2.42. The third-order valence-electron chi connectivity index (χ3n) is 5.47. The Balaban J connectivity index is 1.49. The Bertz CT molecular complexity index is 487. The summed E-state index contributed by atoms with van der Waals surface area (Å²) >= 11 is 0. The fourth-order valence-electron chi connectivity index (χ4n) is 4.00. The number of hydrogen-bond acceptors (Lipinski definition) is 2. The molecule has 114 valence electrons. The summed E-state index contributed by atoms with van der Waals surface area (Å²) in [6, 6.07) is 10.6. The smallest absolute Gasteiger partial charge is 0.223 e. The van der Waals surface area contributed by atoms with E-state index in [-0.39, 0.29) is 11.8 Å². The fourth-order valence-corrected chi connectivity index (χ4v) is 4.00. The van der Waals surface area contributed by atoms with Gasteiger partial charge in [0.05, 0.1) is 0 Å². The van der Waals surface area contributed by atoms with Crippen molar-refractivity contribution in [2.75, 3.05) is 18.5 Å². The average molecular weight is 286 g/mol. The van der Waals surface area contributed by atoms with Gasteiger partial charge in [0.1, 0.15) is 0 Å². The molecule has 1 aromatic carbocycles.